The Labute approximate surface area is 123 Å². The maximum absolute atomic E-state index is 10.5. The fraction of sp³-hybridized carbons (Fsp3) is 0.188. The summed E-state index contributed by atoms with van der Waals surface area (Å²) < 4.78 is 11.1. The Morgan fingerprint density at radius 3 is 2.40 bits per heavy atom. The molecule has 0 aliphatic carbocycles. The van der Waals surface area contributed by atoms with Gasteiger partial charge < -0.3 is 9.47 Å². The molecule has 0 atom stereocenters. The van der Waals surface area contributed by atoms with Crippen LogP contribution in [0.25, 0.3) is 0 Å². The van der Waals surface area contributed by atoms with Crippen LogP contribution in [0.5, 0.6) is 11.5 Å². The van der Waals surface area contributed by atoms with Gasteiger partial charge in [0.1, 0.15) is 31.0 Å². The van der Waals surface area contributed by atoms with Crippen molar-refractivity contribution < 1.29 is 14.3 Å². The van der Waals surface area contributed by atoms with Crippen LogP contribution in [0.4, 0.5) is 0 Å². The Morgan fingerprint density at radius 2 is 1.75 bits per heavy atom. The number of benzene rings is 2. The van der Waals surface area contributed by atoms with Gasteiger partial charge in [-0.15, -0.1) is 0 Å². The standard InChI is InChI=1S/C16H15ClO3/c1-12-2-7-16(15(17)10-12)20-9-8-19-14-5-3-13(11-18)4-6-14/h2-7,10-11H,8-9H2,1H3. The number of hydrogen-bond donors (Lipinski definition) is 0. The molecule has 0 unspecified atom stereocenters. The minimum Gasteiger partial charge on any atom is -0.490 e. The third-order valence-corrected chi connectivity index (χ3v) is 3.01. The Bertz CT molecular complexity index is 579. The van der Waals surface area contributed by atoms with E-state index in [2.05, 4.69) is 0 Å². The average molecular weight is 291 g/mol. The molecule has 2 rings (SSSR count). The second-order valence-corrected chi connectivity index (χ2v) is 4.72. The van der Waals surface area contributed by atoms with Crippen LogP contribution in [0.2, 0.25) is 5.02 Å². The van der Waals surface area contributed by atoms with E-state index in [1.54, 1.807) is 24.3 Å². The smallest absolute Gasteiger partial charge is 0.150 e. The molecule has 0 aliphatic rings. The molecule has 0 N–H and O–H groups in total. The van der Waals surface area contributed by atoms with E-state index < -0.39 is 0 Å². The molecule has 0 bridgehead atoms. The van der Waals surface area contributed by atoms with Crippen LogP contribution >= 0.6 is 11.6 Å². The van der Waals surface area contributed by atoms with Crippen LogP contribution in [0, 0.1) is 6.92 Å². The molecular formula is C16H15ClO3. The number of carbonyl (C=O) groups is 1. The molecule has 2 aromatic rings. The second kappa shape index (κ2) is 6.96. The number of aldehydes is 1. The number of halogens is 1. The van der Waals surface area contributed by atoms with E-state index in [9.17, 15) is 4.79 Å². The van der Waals surface area contributed by atoms with Gasteiger partial charge in [0, 0.05) is 5.56 Å². The van der Waals surface area contributed by atoms with E-state index >= 15 is 0 Å². The third kappa shape index (κ3) is 4.00. The first-order valence-corrected chi connectivity index (χ1v) is 6.64. The van der Waals surface area contributed by atoms with E-state index in [-0.39, 0.29) is 0 Å². The van der Waals surface area contributed by atoms with Crippen molar-refractivity contribution in [3.05, 3.63) is 58.6 Å². The summed E-state index contributed by atoms with van der Waals surface area (Å²) in [4.78, 5) is 10.5. The quantitative estimate of drug-likeness (QED) is 0.597. The topological polar surface area (TPSA) is 35.5 Å². The zero-order valence-corrected chi connectivity index (χ0v) is 11.9. The zero-order valence-electron chi connectivity index (χ0n) is 11.1. The molecule has 3 nitrogen and oxygen atoms in total. The number of aryl methyl sites for hydroxylation is 1. The fourth-order valence-corrected chi connectivity index (χ4v) is 1.97. The van der Waals surface area contributed by atoms with Gasteiger partial charge in [-0.25, -0.2) is 0 Å². The lowest BCUT2D eigenvalue weighted by molar-refractivity contribution is 0.112. The second-order valence-electron chi connectivity index (χ2n) is 4.32. The molecule has 0 spiro atoms. The van der Waals surface area contributed by atoms with Crippen LogP contribution in [0.15, 0.2) is 42.5 Å². The maximum Gasteiger partial charge on any atom is 0.150 e. The number of hydrogen-bond acceptors (Lipinski definition) is 3. The molecule has 0 heterocycles. The SMILES string of the molecule is Cc1ccc(OCCOc2ccc(C=O)cc2)c(Cl)c1. The first-order valence-electron chi connectivity index (χ1n) is 6.26. The van der Waals surface area contributed by atoms with Crippen LogP contribution in [0.1, 0.15) is 15.9 Å². The van der Waals surface area contributed by atoms with Crippen molar-refractivity contribution in [3.63, 3.8) is 0 Å². The summed E-state index contributed by atoms with van der Waals surface area (Å²) in [7, 11) is 0. The van der Waals surface area contributed by atoms with Gasteiger partial charge in [0.25, 0.3) is 0 Å². The van der Waals surface area contributed by atoms with Gasteiger partial charge in [0.2, 0.25) is 0 Å². The average Bonchev–Trinajstić information content (AvgIpc) is 2.46. The first kappa shape index (κ1) is 14.4. The highest BCUT2D eigenvalue weighted by Gasteiger charge is 2.01. The molecule has 4 heteroatoms. The Kier molecular flexibility index (Phi) is 5.02. The number of carbonyl (C=O) groups excluding carboxylic acids is 1. The van der Waals surface area contributed by atoms with Crippen LogP contribution in [0.3, 0.4) is 0 Å². The monoisotopic (exact) mass is 290 g/mol. The molecule has 0 fully saturated rings. The van der Waals surface area contributed by atoms with Crippen LogP contribution in [-0.4, -0.2) is 19.5 Å². The van der Waals surface area contributed by atoms with Crippen LogP contribution in [-0.2, 0) is 0 Å². The molecule has 0 aromatic heterocycles. The van der Waals surface area contributed by atoms with Crippen molar-refractivity contribution in [1.29, 1.82) is 0 Å². The summed E-state index contributed by atoms with van der Waals surface area (Å²) in [6, 6.07) is 12.6. The van der Waals surface area contributed by atoms with E-state index in [1.165, 1.54) is 0 Å². The highest BCUT2D eigenvalue weighted by Crippen LogP contribution is 2.25. The predicted octanol–water partition coefficient (Wildman–Crippen LogP) is 3.92. The van der Waals surface area contributed by atoms with Crippen molar-refractivity contribution in [2.45, 2.75) is 6.92 Å². The lowest BCUT2D eigenvalue weighted by Gasteiger charge is -2.10. The number of rotatable bonds is 6. The highest BCUT2D eigenvalue weighted by atomic mass is 35.5. The van der Waals surface area contributed by atoms with Crippen molar-refractivity contribution in [2.24, 2.45) is 0 Å². The van der Waals surface area contributed by atoms with Crippen molar-refractivity contribution in [3.8, 4) is 11.5 Å². The first-order chi connectivity index (χ1) is 9.69. The lowest BCUT2D eigenvalue weighted by atomic mass is 10.2. The van der Waals surface area contributed by atoms with E-state index in [1.807, 2.05) is 25.1 Å². The van der Waals surface area contributed by atoms with Gasteiger partial charge in [0.15, 0.2) is 0 Å². The molecule has 0 saturated heterocycles. The summed E-state index contributed by atoms with van der Waals surface area (Å²) in [5.74, 6) is 1.35. The zero-order chi connectivity index (χ0) is 14.4. The molecule has 20 heavy (non-hydrogen) atoms. The Balaban J connectivity index is 1.79. The highest BCUT2D eigenvalue weighted by molar-refractivity contribution is 6.32. The van der Waals surface area contributed by atoms with Gasteiger partial charge in [-0.2, -0.15) is 0 Å². The van der Waals surface area contributed by atoms with Gasteiger partial charge in [-0.05, 0) is 48.9 Å². The summed E-state index contributed by atoms with van der Waals surface area (Å²) in [5.41, 5.74) is 1.72. The molecular weight excluding hydrogens is 276 g/mol. The summed E-state index contributed by atoms with van der Waals surface area (Å²) >= 11 is 6.06. The van der Waals surface area contributed by atoms with Crippen molar-refractivity contribution in [2.75, 3.05) is 13.2 Å². The van der Waals surface area contributed by atoms with Gasteiger partial charge in [-0.3, -0.25) is 4.79 Å². The Morgan fingerprint density at radius 1 is 1.05 bits per heavy atom. The Hall–Kier alpha value is -2.00. The minimum absolute atomic E-state index is 0.401. The molecule has 0 saturated carbocycles. The minimum atomic E-state index is 0.401. The summed E-state index contributed by atoms with van der Waals surface area (Å²) in [6.45, 7) is 2.78. The molecule has 2 aromatic carbocycles. The van der Waals surface area contributed by atoms with Gasteiger partial charge in [-0.1, -0.05) is 17.7 Å². The van der Waals surface area contributed by atoms with E-state index in [0.717, 1.165) is 11.8 Å². The third-order valence-electron chi connectivity index (χ3n) is 2.71. The predicted molar refractivity (Wildman–Crippen MR) is 79.0 cm³/mol. The van der Waals surface area contributed by atoms with Gasteiger partial charge in [0.05, 0.1) is 5.02 Å². The summed E-state index contributed by atoms with van der Waals surface area (Å²) in [5, 5.41) is 0.598. The molecule has 0 amide bonds. The molecule has 104 valence electrons. The van der Waals surface area contributed by atoms with Crippen LogP contribution < -0.4 is 9.47 Å². The fourth-order valence-electron chi connectivity index (χ4n) is 1.68. The van der Waals surface area contributed by atoms with Gasteiger partial charge >= 0.3 is 0 Å². The van der Waals surface area contributed by atoms with E-state index in [4.69, 9.17) is 21.1 Å². The maximum atomic E-state index is 10.5. The number of ether oxygens (including phenoxy) is 2. The molecule has 0 radical (unpaired) electrons. The van der Waals surface area contributed by atoms with E-state index in [0.29, 0.717) is 35.3 Å². The van der Waals surface area contributed by atoms with Crippen molar-refractivity contribution in [1.82, 2.24) is 0 Å². The summed E-state index contributed by atoms with van der Waals surface area (Å²) in [6.07, 6.45) is 0.798. The lowest BCUT2D eigenvalue weighted by Crippen LogP contribution is -2.09. The largest absolute Gasteiger partial charge is 0.490 e. The molecule has 0 aliphatic heterocycles. The normalized spacial score (nSPS) is 10.1. The van der Waals surface area contributed by atoms with Crippen molar-refractivity contribution >= 4 is 17.9 Å².